The van der Waals surface area contributed by atoms with Gasteiger partial charge in [0.1, 0.15) is 0 Å². The minimum absolute atomic E-state index is 0.0308. The van der Waals surface area contributed by atoms with E-state index in [0.717, 1.165) is 27.6 Å². The van der Waals surface area contributed by atoms with Gasteiger partial charge in [0.15, 0.2) is 0 Å². The number of aliphatic carboxylic acids is 1. The highest BCUT2D eigenvalue weighted by molar-refractivity contribution is 5.94. The molecule has 0 aliphatic heterocycles. The van der Waals surface area contributed by atoms with E-state index in [-0.39, 0.29) is 6.42 Å². The molecule has 23 heavy (non-hydrogen) atoms. The van der Waals surface area contributed by atoms with Crippen molar-refractivity contribution in [3.05, 3.63) is 65.9 Å². The summed E-state index contributed by atoms with van der Waals surface area (Å²) in [6.07, 6.45) is 1.82. The number of aromatic nitrogens is 1. The molecular formula is C20H19NO2. The molecule has 0 atom stereocenters. The summed E-state index contributed by atoms with van der Waals surface area (Å²) in [6.45, 7) is 4.34. The summed E-state index contributed by atoms with van der Waals surface area (Å²) in [6, 6.07) is 16.1. The molecular weight excluding hydrogens is 286 g/mol. The SMILES string of the molecule is CC(C)c1cc(-c2cccc(CC(=O)O)c2)c2ncccc2c1. The minimum atomic E-state index is -0.818. The first kappa shape index (κ1) is 15.2. The topological polar surface area (TPSA) is 50.2 Å². The van der Waals surface area contributed by atoms with E-state index in [1.165, 1.54) is 5.56 Å². The molecule has 0 saturated heterocycles. The first-order chi connectivity index (χ1) is 11.0. The average Bonchev–Trinajstić information content (AvgIpc) is 2.53. The number of carboxylic acids is 1. The molecule has 1 N–H and O–H groups in total. The zero-order valence-electron chi connectivity index (χ0n) is 13.3. The van der Waals surface area contributed by atoms with Crippen LogP contribution in [0.15, 0.2) is 54.7 Å². The molecule has 0 amide bonds. The van der Waals surface area contributed by atoms with Crippen molar-refractivity contribution in [2.24, 2.45) is 0 Å². The first-order valence-corrected chi connectivity index (χ1v) is 7.74. The van der Waals surface area contributed by atoms with Gasteiger partial charge >= 0.3 is 5.97 Å². The van der Waals surface area contributed by atoms with Crippen molar-refractivity contribution < 1.29 is 9.90 Å². The van der Waals surface area contributed by atoms with Crippen LogP contribution in [0.25, 0.3) is 22.0 Å². The number of benzene rings is 2. The number of rotatable bonds is 4. The monoisotopic (exact) mass is 305 g/mol. The quantitative estimate of drug-likeness (QED) is 0.763. The molecule has 1 heterocycles. The number of pyridine rings is 1. The molecule has 0 spiro atoms. The summed E-state index contributed by atoms with van der Waals surface area (Å²) in [5.41, 5.74) is 5.07. The Morgan fingerprint density at radius 2 is 1.96 bits per heavy atom. The van der Waals surface area contributed by atoms with E-state index in [2.05, 4.69) is 37.0 Å². The van der Waals surface area contributed by atoms with Crippen LogP contribution >= 0.6 is 0 Å². The van der Waals surface area contributed by atoms with Crippen molar-refractivity contribution in [3.8, 4) is 11.1 Å². The third kappa shape index (κ3) is 3.24. The average molecular weight is 305 g/mol. The number of carboxylic acid groups (broad SMARTS) is 1. The summed E-state index contributed by atoms with van der Waals surface area (Å²) >= 11 is 0. The number of nitrogens with zero attached hydrogens (tertiary/aromatic N) is 1. The van der Waals surface area contributed by atoms with E-state index in [1.807, 2.05) is 30.3 Å². The standard InChI is InChI=1S/C20H19NO2/c1-13(2)17-11-16-7-4-8-21-20(16)18(12-17)15-6-3-5-14(9-15)10-19(22)23/h3-9,11-13H,10H2,1-2H3,(H,22,23). The summed E-state index contributed by atoms with van der Waals surface area (Å²) in [4.78, 5) is 15.5. The largest absolute Gasteiger partial charge is 0.481 e. The third-order valence-corrected chi connectivity index (χ3v) is 3.99. The molecule has 0 aliphatic rings. The van der Waals surface area contributed by atoms with E-state index < -0.39 is 5.97 Å². The lowest BCUT2D eigenvalue weighted by Crippen LogP contribution is -2.00. The maximum absolute atomic E-state index is 11.0. The van der Waals surface area contributed by atoms with Gasteiger partial charge in [-0.05, 0) is 40.8 Å². The van der Waals surface area contributed by atoms with Gasteiger partial charge in [0.05, 0.1) is 11.9 Å². The molecule has 3 nitrogen and oxygen atoms in total. The van der Waals surface area contributed by atoms with Gasteiger partial charge in [-0.2, -0.15) is 0 Å². The maximum Gasteiger partial charge on any atom is 0.307 e. The van der Waals surface area contributed by atoms with Gasteiger partial charge in [-0.25, -0.2) is 0 Å². The fourth-order valence-electron chi connectivity index (χ4n) is 2.79. The van der Waals surface area contributed by atoms with Crippen LogP contribution in [-0.2, 0) is 11.2 Å². The Morgan fingerprint density at radius 1 is 1.13 bits per heavy atom. The molecule has 0 aliphatic carbocycles. The van der Waals surface area contributed by atoms with Crippen molar-refractivity contribution in [2.75, 3.05) is 0 Å². The van der Waals surface area contributed by atoms with Crippen molar-refractivity contribution >= 4 is 16.9 Å². The second-order valence-corrected chi connectivity index (χ2v) is 6.07. The highest BCUT2D eigenvalue weighted by Crippen LogP contribution is 2.31. The van der Waals surface area contributed by atoms with Crippen LogP contribution in [0.1, 0.15) is 30.9 Å². The van der Waals surface area contributed by atoms with Gasteiger partial charge < -0.3 is 5.11 Å². The highest BCUT2D eigenvalue weighted by Gasteiger charge is 2.11. The van der Waals surface area contributed by atoms with Crippen LogP contribution in [0.2, 0.25) is 0 Å². The zero-order valence-corrected chi connectivity index (χ0v) is 13.3. The number of carbonyl (C=O) groups is 1. The Labute approximate surface area is 135 Å². The minimum Gasteiger partial charge on any atom is -0.481 e. The Morgan fingerprint density at radius 3 is 2.70 bits per heavy atom. The first-order valence-electron chi connectivity index (χ1n) is 7.74. The zero-order chi connectivity index (χ0) is 16.4. The van der Waals surface area contributed by atoms with Crippen LogP contribution in [0.5, 0.6) is 0 Å². The second-order valence-electron chi connectivity index (χ2n) is 6.07. The molecule has 3 rings (SSSR count). The summed E-state index contributed by atoms with van der Waals surface area (Å²) in [5, 5.41) is 10.1. The van der Waals surface area contributed by atoms with Crippen LogP contribution in [0.3, 0.4) is 0 Å². The van der Waals surface area contributed by atoms with Crippen LogP contribution in [0, 0.1) is 0 Å². The molecule has 0 saturated carbocycles. The third-order valence-electron chi connectivity index (χ3n) is 3.99. The van der Waals surface area contributed by atoms with Gasteiger partial charge in [-0.15, -0.1) is 0 Å². The Hall–Kier alpha value is -2.68. The van der Waals surface area contributed by atoms with Gasteiger partial charge in [-0.3, -0.25) is 9.78 Å². The Kier molecular flexibility index (Phi) is 4.11. The lowest BCUT2D eigenvalue weighted by Gasteiger charge is -2.13. The summed E-state index contributed by atoms with van der Waals surface area (Å²) in [5.74, 6) is -0.401. The van der Waals surface area contributed by atoms with E-state index in [9.17, 15) is 4.79 Å². The van der Waals surface area contributed by atoms with Crippen molar-refractivity contribution in [2.45, 2.75) is 26.2 Å². The van der Waals surface area contributed by atoms with Crippen LogP contribution in [-0.4, -0.2) is 16.1 Å². The lowest BCUT2D eigenvalue weighted by atomic mass is 9.93. The predicted molar refractivity (Wildman–Crippen MR) is 92.6 cm³/mol. The summed E-state index contributed by atoms with van der Waals surface area (Å²) < 4.78 is 0. The van der Waals surface area contributed by atoms with Crippen molar-refractivity contribution in [1.29, 1.82) is 0 Å². The van der Waals surface area contributed by atoms with E-state index in [4.69, 9.17) is 5.11 Å². The highest BCUT2D eigenvalue weighted by atomic mass is 16.4. The fourth-order valence-corrected chi connectivity index (χ4v) is 2.79. The van der Waals surface area contributed by atoms with E-state index >= 15 is 0 Å². The maximum atomic E-state index is 11.0. The Balaban J connectivity index is 2.20. The van der Waals surface area contributed by atoms with Gasteiger partial charge in [0.25, 0.3) is 0 Å². The van der Waals surface area contributed by atoms with Crippen LogP contribution < -0.4 is 0 Å². The van der Waals surface area contributed by atoms with Gasteiger partial charge in [0.2, 0.25) is 0 Å². The molecule has 1 aromatic heterocycles. The van der Waals surface area contributed by atoms with Crippen molar-refractivity contribution in [3.63, 3.8) is 0 Å². The molecule has 2 aromatic carbocycles. The summed E-state index contributed by atoms with van der Waals surface area (Å²) in [7, 11) is 0. The Bertz CT molecular complexity index is 868. The molecule has 116 valence electrons. The number of hydrogen-bond donors (Lipinski definition) is 1. The molecule has 0 fully saturated rings. The fraction of sp³-hybridized carbons (Fsp3) is 0.200. The van der Waals surface area contributed by atoms with Crippen LogP contribution in [0.4, 0.5) is 0 Å². The number of hydrogen-bond acceptors (Lipinski definition) is 2. The second kappa shape index (κ2) is 6.21. The molecule has 3 aromatic rings. The normalized spacial score (nSPS) is 11.1. The predicted octanol–water partition coefficient (Wildman–Crippen LogP) is 4.65. The van der Waals surface area contributed by atoms with Gasteiger partial charge in [0, 0.05) is 17.1 Å². The molecule has 0 radical (unpaired) electrons. The molecule has 0 bridgehead atoms. The van der Waals surface area contributed by atoms with Crippen molar-refractivity contribution in [1.82, 2.24) is 4.98 Å². The smallest absolute Gasteiger partial charge is 0.307 e. The molecule has 0 unspecified atom stereocenters. The van der Waals surface area contributed by atoms with E-state index in [0.29, 0.717) is 5.92 Å². The number of fused-ring (bicyclic) bond motifs is 1. The van der Waals surface area contributed by atoms with E-state index in [1.54, 1.807) is 6.20 Å². The lowest BCUT2D eigenvalue weighted by molar-refractivity contribution is -0.136. The molecule has 3 heteroatoms. The van der Waals surface area contributed by atoms with Gasteiger partial charge in [-0.1, -0.05) is 44.2 Å².